The van der Waals surface area contributed by atoms with Gasteiger partial charge in [-0.05, 0) is 54.8 Å². The molecule has 0 bridgehead atoms. The lowest BCUT2D eigenvalue weighted by Gasteiger charge is -2.16. The standard InChI is InChI=1S/C20H19N3O8S2/c24-17-10-13(3-6-16(17)23-12-19(25)22-33(23,29)30)2-1-9-21-32(27,28)15-5-7-18-14(11-15)4-8-20(26)31-18/h3-8,10-11,21,24H,1-2,9,12H2,(H,22,25). The molecule has 1 aliphatic rings. The lowest BCUT2D eigenvalue weighted by molar-refractivity contribution is -0.117. The summed E-state index contributed by atoms with van der Waals surface area (Å²) in [6.07, 6.45) is 0.811. The van der Waals surface area contributed by atoms with E-state index in [1.165, 1.54) is 42.5 Å². The Kier molecular flexibility index (Phi) is 5.86. The molecule has 0 radical (unpaired) electrons. The van der Waals surface area contributed by atoms with Crippen LogP contribution >= 0.6 is 0 Å². The predicted octanol–water partition coefficient (Wildman–Crippen LogP) is 0.591. The molecule has 1 aliphatic heterocycles. The van der Waals surface area contributed by atoms with Gasteiger partial charge in [0.05, 0.1) is 10.6 Å². The number of carbonyl (C=O) groups is 1. The molecule has 1 amide bonds. The van der Waals surface area contributed by atoms with Crippen LogP contribution in [0.3, 0.4) is 0 Å². The van der Waals surface area contributed by atoms with E-state index in [9.17, 15) is 31.5 Å². The molecule has 0 aliphatic carbocycles. The Bertz CT molecular complexity index is 1510. The van der Waals surface area contributed by atoms with E-state index >= 15 is 0 Å². The highest BCUT2D eigenvalue weighted by molar-refractivity contribution is 7.92. The van der Waals surface area contributed by atoms with Crippen LogP contribution in [0.25, 0.3) is 11.0 Å². The predicted molar refractivity (Wildman–Crippen MR) is 119 cm³/mol. The van der Waals surface area contributed by atoms with Crippen molar-refractivity contribution in [1.29, 1.82) is 0 Å². The number of nitrogens with zero attached hydrogens (tertiary/aromatic N) is 1. The van der Waals surface area contributed by atoms with Gasteiger partial charge in [0.25, 0.3) is 5.91 Å². The van der Waals surface area contributed by atoms with Crippen molar-refractivity contribution in [3.8, 4) is 5.75 Å². The minimum absolute atomic E-state index is 0.0232. The number of amides is 1. The summed E-state index contributed by atoms with van der Waals surface area (Å²) in [4.78, 5) is 22.6. The molecule has 0 saturated carbocycles. The number of aryl methyl sites for hydroxylation is 1. The molecule has 3 N–H and O–H groups in total. The van der Waals surface area contributed by atoms with Crippen molar-refractivity contribution in [2.45, 2.75) is 17.7 Å². The number of hydrogen-bond donors (Lipinski definition) is 3. The van der Waals surface area contributed by atoms with Crippen molar-refractivity contribution in [1.82, 2.24) is 9.44 Å². The van der Waals surface area contributed by atoms with Crippen molar-refractivity contribution in [2.75, 3.05) is 17.4 Å². The van der Waals surface area contributed by atoms with E-state index in [1.807, 2.05) is 4.72 Å². The summed E-state index contributed by atoms with van der Waals surface area (Å²) in [6, 6.07) is 11.2. The third-order valence-corrected chi connectivity index (χ3v) is 7.81. The molecule has 4 rings (SSSR count). The molecular formula is C20H19N3O8S2. The Morgan fingerprint density at radius 1 is 1.09 bits per heavy atom. The smallest absolute Gasteiger partial charge is 0.336 e. The summed E-state index contributed by atoms with van der Waals surface area (Å²) in [5.74, 6) is -1.00. The fraction of sp³-hybridized carbons (Fsp3) is 0.200. The van der Waals surface area contributed by atoms with E-state index in [4.69, 9.17) is 4.42 Å². The number of hydrogen-bond acceptors (Lipinski definition) is 8. The van der Waals surface area contributed by atoms with Gasteiger partial charge in [-0.2, -0.15) is 8.42 Å². The molecule has 33 heavy (non-hydrogen) atoms. The topological polar surface area (TPSA) is 163 Å². The van der Waals surface area contributed by atoms with E-state index < -0.39 is 38.3 Å². The molecule has 1 saturated heterocycles. The number of benzene rings is 2. The van der Waals surface area contributed by atoms with Crippen LogP contribution in [0.1, 0.15) is 12.0 Å². The molecule has 2 heterocycles. The lowest BCUT2D eigenvalue weighted by Crippen LogP contribution is -2.29. The van der Waals surface area contributed by atoms with Gasteiger partial charge < -0.3 is 9.52 Å². The average molecular weight is 494 g/mol. The second-order valence-corrected chi connectivity index (χ2v) is 10.7. The Morgan fingerprint density at radius 2 is 1.88 bits per heavy atom. The van der Waals surface area contributed by atoms with Crippen molar-refractivity contribution in [2.24, 2.45) is 0 Å². The van der Waals surface area contributed by atoms with Crippen LogP contribution in [0.15, 0.2) is 62.6 Å². The van der Waals surface area contributed by atoms with Crippen molar-refractivity contribution >= 4 is 42.8 Å². The highest BCUT2D eigenvalue weighted by Gasteiger charge is 2.35. The first-order chi connectivity index (χ1) is 15.5. The average Bonchev–Trinajstić information content (AvgIpc) is 3.02. The van der Waals surface area contributed by atoms with Crippen LogP contribution in [-0.2, 0) is 31.4 Å². The third-order valence-electron chi connectivity index (χ3n) is 4.96. The number of anilines is 1. The lowest BCUT2D eigenvalue weighted by atomic mass is 10.1. The summed E-state index contributed by atoms with van der Waals surface area (Å²) in [5, 5.41) is 10.7. The molecule has 1 fully saturated rings. The Morgan fingerprint density at radius 3 is 2.58 bits per heavy atom. The van der Waals surface area contributed by atoms with Crippen LogP contribution in [0.2, 0.25) is 0 Å². The maximum absolute atomic E-state index is 12.5. The van der Waals surface area contributed by atoms with E-state index in [1.54, 1.807) is 6.07 Å². The van der Waals surface area contributed by atoms with Crippen molar-refractivity contribution in [3.05, 3.63) is 64.5 Å². The summed E-state index contributed by atoms with van der Waals surface area (Å²) < 4.78 is 59.0. The van der Waals surface area contributed by atoms with Crippen LogP contribution in [0, 0.1) is 0 Å². The SMILES string of the molecule is O=C1CN(c2ccc(CCCNS(=O)(=O)c3ccc4oc(=O)ccc4c3)cc2O)S(=O)(=O)N1. The van der Waals surface area contributed by atoms with Crippen LogP contribution in [-0.4, -0.2) is 40.9 Å². The first-order valence-corrected chi connectivity index (χ1v) is 12.7. The number of aromatic hydroxyl groups is 1. The molecule has 13 heteroatoms. The van der Waals surface area contributed by atoms with Gasteiger partial charge in [-0.1, -0.05) is 6.07 Å². The van der Waals surface area contributed by atoms with Gasteiger partial charge in [0, 0.05) is 18.0 Å². The molecule has 3 aromatic rings. The van der Waals surface area contributed by atoms with Gasteiger partial charge >= 0.3 is 15.8 Å². The van der Waals surface area contributed by atoms with Gasteiger partial charge in [0.15, 0.2) is 0 Å². The number of phenols is 1. The second kappa shape index (κ2) is 8.50. The van der Waals surface area contributed by atoms with Crippen LogP contribution in [0.4, 0.5) is 5.69 Å². The number of fused-ring (bicyclic) bond motifs is 1. The van der Waals surface area contributed by atoms with Crippen LogP contribution < -0.4 is 19.4 Å². The normalized spacial score (nSPS) is 15.6. The number of rotatable bonds is 7. The quantitative estimate of drug-likeness (QED) is 0.318. The van der Waals surface area contributed by atoms with Gasteiger partial charge in [-0.15, -0.1) is 0 Å². The summed E-state index contributed by atoms with van der Waals surface area (Å²) >= 11 is 0. The van der Waals surface area contributed by atoms with Gasteiger partial charge in [-0.3, -0.25) is 4.79 Å². The van der Waals surface area contributed by atoms with E-state index in [2.05, 4.69) is 4.72 Å². The maximum Gasteiger partial charge on any atom is 0.336 e. The monoisotopic (exact) mass is 493 g/mol. The van der Waals surface area contributed by atoms with E-state index in [-0.39, 0.29) is 28.5 Å². The van der Waals surface area contributed by atoms with Gasteiger partial charge in [-0.25, -0.2) is 27.0 Å². The minimum Gasteiger partial charge on any atom is -0.506 e. The van der Waals surface area contributed by atoms with Crippen molar-refractivity contribution in [3.63, 3.8) is 0 Å². The zero-order valence-corrected chi connectivity index (χ0v) is 18.6. The molecule has 174 valence electrons. The van der Waals surface area contributed by atoms with E-state index in [0.717, 1.165) is 4.31 Å². The third kappa shape index (κ3) is 4.84. The number of carbonyl (C=O) groups excluding carboxylic acids is 1. The number of phenolic OH excluding ortho intramolecular Hbond substituents is 1. The summed E-state index contributed by atoms with van der Waals surface area (Å²) in [5.41, 5.74) is 0.395. The Hall–Kier alpha value is -3.42. The minimum atomic E-state index is -4.03. The van der Waals surface area contributed by atoms with Gasteiger partial charge in [0.2, 0.25) is 10.0 Å². The molecule has 2 aromatic carbocycles. The van der Waals surface area contributed by atoms with Gasteiger partial charge in [0.1, 0.15) is 17.9 Å². The maximum atomic E-state index is 12.5. The Balaban J connectivity index is 1.38. The molecule has 0 atom stereocenters. The number of sulfonamides is 1. The molecule has 11 nitrogen and oxygen atoms in total. The fourth-order valence-corrected chi connectivity index (χ4v) is 5.67. The zero-order valence-electron chi connectivity index (χ0n) is 17.0. The largest absolute Gasteiger partial charge is 0.506 e. The zero-order chi connectivity index (χ0) is 23.8. The molecule has 0 unspecified atom stereocenters. The highest BCUT2D eigenvalue weighted by Crippen LogP contribution is 2.31. The fourth-order valence-electron chi connectivity index (χ4n) is 3.40. The van der Waals surface area contributed by atoms with Crippen molar-refractivity contribution < 1.29 is 31.2 Å². The first-order valence-electron chi connectivity index (χ1n) is 9.74. The Labute approximate surface area is 188 Å². The molecular weight excluding hydrogens is 474 g/mol. The van der Waals surface area contributed by atoms with Crippen LogP contribution in [0.5, 0.6) is 5.75 Å². The second-order valence-electron chi connectivity index (χ2n) is 7.32. The summed E-state index contributed by atoms with van der Waals surface area (Å²) in [7, 11) is -7.82. The summed E-state index contributed by atoms with van der Waals surface area (Å²) in [6.45, 7) is -0.302. The molecule has 1 aromatic heterocycles. The molecule has 0 spiro atoms. The van der Waals surface area contributed by atoms with E-state index in [0.29, 0.717) is 23.8 Å². The number of nitrogens with one attached hydrogen (secondary N) is 2. The first kappa shape index (κ1) is 22.8. The highest BCUT2D eigenvalue weighted by atomic mass is 32.2.